The van der Waals surface area contributed by atoms with E-state index in [2.05, 4.69) is 20.9 Å². The maximum Gasteiger partial charge on any atom is 0.255 e. The van der Waals surface area contributed by atoms with Crippen molar-refractivity contribution >= 4 is 50.9 Å². The van der Waals surface area contributed by atoms with Gasteiger partial charge in [0, 0.05) is 72.8 Å². The molecule has 0 saturated carbocycles. The number of halogens is 1. The molecule has 4 aromatic carbocycles. The molecule has 3 aliphatic heterocycles. The SMILES string of the molecule is Nc1ncc(-c2ccc(S(=O)(=O)Cc3cccc(CC(=O)CNCCCCCC(=O)Cc4cccc5c4CN(C4CCC(=O)NC4=O)C5=O)c3)cc2F)cc1-c1ccc2c(c1)CCNC2=O. The first-order valence-corrected chi connectivity index (χ1v) is 23.7. The second kappa shape index (κ2) is 19.7. The van der Waals surface area contributed by atoms with Gasteiger partial charge in [0.2, 0.25) is 11.8 Å². The molecule has 0 radical (unpaired) electrons. The van der Waals surface area contributed by atoms with Crippen LogP contribution in [0.5, 0.6) is 0 Å². The molecule has 340 valence electrons. The van der Waals surface area contributed by atoms with Gasteiger partial charge >= 0.3 is 0 Å². The number of Topliss-reactive ketones (excluding diaryl/α,β-unsaturated/α-hetero) is 2. The van der Waals surface area contributed by atoms with Gasteiger partial charge in [-0.25, -0.2) is 17.8 Å². The Morgan fingerprint density at radius 1 is 0.818 bits per heavy atom. The van der Waals surface area contributed by atoms with Crippen molar-refractivity contribution in [3.8, 4) is 22.3 Å². The summed E-state index contributed by atoms with van der Waals surface area (Å²) in [6, 6.07) is 22.1. The van der Waals surface area contributed by atoms with E-state index in [0.717, 1.165) is 41.2 Å². The van der Waals surface area contributed by atoms with Gasteiger partial charge in [-0.05, 0) is 95.9 Å². The average molecular weight is 913 g/mol. The van der Waals surface area contributed by atoms with Crippen LogP contribution in [0, 0.1) is 5.82 Å². The molecule has 1 unspecified atom stereocenters. The van der Waals surface area contributed by atoms with Gasteiger partial charge in [0.15, 0.2) is 15.6 Å². The summed E-state index contributed by atoms with van der Waals surface area (Å²) >= 11 is 0. The number of anilines is 1. The number of sulfone groups is 1. The molecule has 1 aromatic heterocycles. The Kier molecular flexibility index (Phi) is 13.6. The number of hydrogen-bond donors (Lipinski definition) is 4. The smallest absolute Gasteiger partial charge is 0.255 e. The zero-order chi connectivity index (χ0) is 46.5. The Balaban J connectivity index is 0.774. The Hall–Kier alpha value is -6.91. The van der Waals surface area contributed by atoms with Crippen LogP contribution in [0.15, 0.2) is 96.0 Å². The van der Waals surface area contributed by atoms with E-state index in [0.29, 0.717) is 65.7 Å². The molecule has 1 saturated heterocycles. The molecule has 0 bridgehead atoms. The summed E-state index contributed by atoms with van der Waals surface area (Å²) < 4.78 is 42.7. The van der Waals surface area contributed by atoms with Gasteiger partial charge in [0.25, 0.3) is 11.8 Å². The molecule has 1 fully saturated rings. The van der Waals surface area contributed by atoms with Gasteiger partial charge < -0.3 is 21.3 Å². The lowest BCUT2D eigenvalue weighted by Gasteiger charge is -2.29. The molecule has 3 aliphatic rings. The van der Waals surface area contributed by atoms with Gasteiger partial charge in [-0.3, -0.25) is 34.1 Å². The van der Waals surface area contributed by atoms with Gasteiger partial charge in [-0.15, -0.1) is 0 Å². The zero-order valence-corrected chi connectivity index (χ0v) is 37.0. The van der Waals surface area contributed by atoms with Crippen LogP contribution < -0.4 is 21.7 Å². The summed E-state index contributed by atoms with van der Waals surface area (Å²) in [6.45, 7) is 1.44. The van der Waals surface area contributed by atoms with Crippen LogP contribution in [-0.2, 0) is 60.6 Å². The summed E-state index contributed by atoms with van der Waals surface area (Å²) in [5.41, 5.74) is 12.6. The maximum atomic E-state index is 15.7. The van der Waals surface area contributed by atoms with E-state index < -0.39 is 33.4 Å². The van der Waals surface area contributed by atoms with Crippen molar-refractivity contribution in [3.63, 3.8) is 0 Å². The zero-order valence-electron chi connectivity index (χ0n) is 36.2. The number of carbonyl (C=O) groups excluding carboxylic acids is 6. The van der Waals surface area contributed by atoms with Crippen molar-refractivity contribution in [2.24, 2.45) is 0 Å². The molecule has 8 rings (SSSR count). The van der Waals surface area contributed by atoms with Crippen LogP contribution in [0.1, 0.15) is 87.1 Å². The number of unbranched alkanes of at least 4 members (excludes halogenated alkanes) is 2. The van der Waals surface area contributed by atoms with Gasteiger partial charge in [0.05, 0.1) is 17.2 Å². The second-order valence-corrected chi connectivity index (χ2v) is 19.0. The van der Waals surface area contributed by atoms with Crippen molar-refractivity contribution in [1.29, 1.82) is 0 Å². The first-order chi connectivity index (χ1) is 31.7. The summed E-state index contributed by atoms with van der Waals surface area (Å²) in [4.78, 5) is 80.7. The summed E-state index contributed by atoms with van der Waals surface area (Å²) in [5, 5.41) is 8.27. The highest BCUT2D eigenvalue weighted by molar-refractivity contribution is 7.90. The van der Waals surface area contributed by atoms with Crippen molar-refractivity contribution in [2.45, 2.75) is 81.0 Å². The fourth-order valence-electron chi connectivity index (χ4n) is 8.89. The highest BCUT2D eigenvalue weighted by atomic mass is 32.2. The number of fused-ring (bicyclic) bond motifs is 2. The monoisotopic (exact) mass is 912 g/mol. The predicted octanol–water partition coefficient (Wildman–Crippen LogP) is 5.23. The van der Waals surface area contributed by atoms with Gasteiger partial charge in [-0.1, -0.05) is 61.0 Å². The van der Waals surface area contributed by atoms with Crippen molar-refractivity contribution in [3.05, 3.63) is 136 Å². The number of carbonyl (C=O) groups is 6. The predicted molar refractivity (Wildman–Crippen MR) is 244 cm³/mol. The van der Waals surface area contributed by atoms with E-state index in [-0.39, 0.29) is 84.3 Å². The fourth-order valence-corrected chi connectivity index (χ4v) is 10.2. The van der Waals surface area contributed by atoms with Crippen LogP contribution in [0.2, 0.25) is 0 Å². The molecule has 0 spiro atoms. The number of benzene rings is 4. The number of nitrogens with zero attached hydrogens (tertiary/aromatic N) is 2. The number of nitrogen functional groups attached to an aromatic ring is 1. The Morgan fingerprint density at radius 2 is 1.62 bits per heavy atom. The minimum Gasteiger partial charge on any atom is -0.383 e. The quantitative estimate of drug-likeness (QED) is 0.0660. The number of amides is 4. The van der Waals surface area contributed by atoms with Crippen LogP contribution >= 0.6 is 0 Å². The third kappa shape index (κ3) is 10.3. The second-order valence-electron chi connectivity index (χ2n) is 17.0. The van der Waals surface area contributed by atoms with Crippen LogP contribution in [-0.4, -0.2) is 79.2 Å². The third-order valence-corrected chi connectivity index (χ3v) is 14.0. The maximum absolute atomic E-state index is 15.7. The first-order valence-electron chi connectivity index (χ1n) is 22.0. The molecule has 5 aromatic rings. The standard InChI is InChI=1S/C50H49FN6O8S/c51-44-25-38(12-14-39(44)35-24-42(47(52)55-26-35)33-11-13-40-34(22-33)17-19-54-48(40)61)66(64,65)29-31-7-4-6-30(20-31)21-37(59)27-53-18-3-1-2-9-36(58)23-32-8-5-10-41-43(32)28-57(50(41)63)45-15-16-46(60)56-49(45)62/h4-8,10-14,20,22,24-26,45,53H,1-3,9,15-19,21,23,27-29H2,(H2,52,55)(H,54,61)(H,56,60,62). The normalized spacial score (nSPS) is 15.8. The summed E-state index contributed by atoms with van der Waals surface area (Å²) in [5.74, 6) is -2.19. The van der Waals surface area contributed by atoms with Gasteiger partial charge in [0.1, 0.15) is 23.5 Å². The Labute approximate surface area is 381 Å². The molecule has 16 heteroatoms. The first kappa shape index (κ1) is 45.7. The van der Waals surface area contributed by atoms with E-state index in [9.17, 15) is 37.2 Å². The van der Waals surface area contributed by atoms with E-state index in [1.54, 1.807) is 54.6 Å². The minimum absolute atomic E-state index is 0.0432. The number of rotatable bonds is 18. The lowest BCUT2D eigenvalue weighted by molar-refractivity contribution is -0.137. The number of ketones is 2. The fraction of sp³-hybridized carbons (Fsp3) is 0.300. The summed E-state index contributed by atoms with van der Waals surface area (Å²) in [6.07, 6.45) is 5.35. The lowest BCUT2D eigenvalue weighted by atomic mass is 9.94. The van der Waals surface area contributed by atoms with E-state index in [4.69, 9.17) is 5.73 Å². The van der Waals surface area contributed by atoms with Crippen molar-refractivity contribution in [2.75, 3.05) is 25.4 Å². The lowest BCUT2D eigenvalue weighted by Crippen LogP contribution is -2.52. The van der Waals surface area contributed by atoms with E-state index >= 15 is 4.39 Å². The number of aromatic nitrogens is 1. The molecular formula is C50H49FN6O8S. The minimum atomic E-state index is -3.97. The molecule has 14 nitrogen and oxygen atoms in total. The Bertz CT molecular complexity index is 2900. The number of imide groups is 1. The number of nitrogens with one attached hydrogen (secondary N) is 3. The van der Waals surface area contributed by atoms with Crippen LogP contribution in [0.4, 0.5) is 10.2 Å². The Morgan fingerprint density at radius 3 is 2.44 bits per heavy atom. The molecule has 1 atom stereocenters. The number of nitrogens with two attached hydrogens (primary N) is 1. The molecule has 5 N–H and O–H groups in total. The van der Waals surface area contributed by atoms with Crippen LogP contribution in [0.25, 0.3) is 22.3 Å². The molecule has 4 amide bonds. The van der Waals surface area contributed by atoms with Crippen molar-refractivity contribution in [1.82, 2.24) is 25.8 Å². The highest BCUT2D eigenvalue weighted by Gasteiger charge is 2.40. The third-order valence-electron chi connectivity index (χ3n) is 12.3. The molecule has 0 aliphatic carbocycles. The highest BCUT2D eigenvalue weighted by Crippen LogP contribution is 2.34. The van der Waals surface area contributed by atoms with E-state index in [1.165, 1.54) is 23.2 Å². The molecule has 4 heterocycles. The molecule has 66 heavy (non-hydrogen) atoms. The number of pyridine rings is 1. The number of piperidine rings is 1. The van der Waals surface area contributed by atoms with Crippen molar-refractivity contribution < 1.29 is 41.6 Å². The average Bonchev–Trinajstić information content (AvgIpc) is 3.62. The van der Waals surface area contributed by atoms with E-state index in [1.807, 2.05) is 12.1 Å². The van der Waals surface area contributed by atoms with Gasteiger partial charge in [-0.2, -0.15) is 0 Å². The van der Waals surface area contributed by atoms with Crippen LogP contribution in [0.3, 0.4) is 0 Å². The molecular weight excluding hydrogens is 864 g/mol. The summed E-state index contributed by atoms with van der Waals surface area (Å²) in [7, 11) is -3.97. The largest absolute Gasteiger partial charge is 0.383 e. The number of hydrogen-bond acceptors (Lipinski definition) is 11. The topological polar surface area (TPSA) is 215 Å².